The minimum Gasteiger partial charge on any atom is -0.481 e. The van der Waals surface area contributed by atoms with E-state index in [4.69, 9.17) is 9.84 Å². The van der Waals surface area contributed by atoms with Crippen LogP contribution in [0.15, 0.2) is 5.16 Å². The Morgan fingerprint density at radius 1 is 1.67 bits per heavy atom. The van der Waals surface area contributed by atoms with Crippen molar-refractivity contribution in [2.45, 2.75) is 11.6 Å². The van der Waals surface area contributed by atoms with E-state index in [2.05, 4.69) is 10.1 Å². The van der Waals surface area contributed by atoms with E-state index in [0.29, 0.717) is 24.0 Å². The molecule has 6 nitrogen and oxygen atoms in total. The van der Waals surface area contributed by atoms with Crippen LogP contribution >= 0.6 is 11.8 Å². The predicted octanol–water partition coefficient (Wildman–Crippen LogP) is 0.181. The maximum Gasteiger partial charge on any atom is 0.313 e. The van der Waals surface area contributed by atoms with Crippen molar-refractivity contribution in [2.24, 2.45) is 7.05 Å². The lowest BCUT2D eigenvalue weighted by molar-refractivity contribution is -0.133. The Hall–Kier alpha value is -1.08. The largest absolute Gasteiger partial charge is 0.481 e. The van der Waals surface area contributed by atoms with Crippen molar-refractivity contribution in [1.82, 2.24) is 14.8 Å². The molecule has 7 heteroatoms. The molecule has 0 unspecified atom stereocenters. The Labute approximate surface area is 91.6 Å². The number of aryl methyl sites for hydroxylation is 1. The molecule has 0 atom stereocenters. The highest BCUT2D eigenvalue weighted by Crippen LogP contribution is 2.14. The molecule has 0 bridgehead atoms. The molecule has 0 aliphatic carbocycles. The number of carboxylic acids is 1. The first-order chi connectivity index (χ1) is 7.13. The highest BCUT2D eigenvalue weighted by molar-refractivity contribution is 7.99. The first kappa shape index (κ1) is 12.0. The van der Waals surface area contributed by atoms with Gasteiger partial charge in [-0.05, 0) is 0 Å². The fourth-order valence-electron chi connectivity index (χ4n) is 0.972. The van der Waals surface area contributed by atoms with E-state index in [1.54, 1.807) is 18.8 Å². The quantitative estimate of drug-likeness (QED) is 0.704. The van der Waals surface area contributed by atoms with Gasteiger partial charge in [-0.2, -0.15) is 5.10 Å². The van der Waals surface area contributed by atoms with E-state index in [0.717, 1.165) is 11.8 Å². The van der Waals surface area contributed by atoms with Crippen LogP contribution in [0.4, 0.5) is 0 Å². The lowest BCUT2D eigenvalue weighted by Gasteiger charge is -1.94. The number of ether oxygens (including phenoxy) is 1. The second-order valence-electron chi connectivity index (χ2n) is 2.86. The molecular weight excluding hydrogens is 218 g/mol. The summed E-state index contributed by atoms with van der Waals surface area (Å²) in [7, 11) is 3.36. The average molecular weight is 231 g/mol. The topological polar surface area (TPSA) is 77.2 Å². The third kappa shape index (κ3) is 3.88. The van der Waals surface area contributed by atoms with Crippen LogP contribution in [0.3, 0.4) is 0 Å². The van der Waals surface area contributed by atoms with Gasteiger partial charge in [-0.3, -0.25) is 4.79 Å². The van der Waals surface area contributed by atoms with Crippen LogP contribution in [0.5, 0.6) is 0 Å². The van der Waals surface area contributed by atoms with Gasteiger partial charge in [-0.25, -0.2) is 9.67 Å². The summed E-state index contributed by atoms with van der Waals surface area (Å²) in [6, 6.07) is 0. The first-order valence-electron chi connectivity index (χ1n) is 4.37. The molecule has 84 valence electrons. The van der Waals surface area contributed by atoms with Gasteiger partial charge >= 0.3 is 5.97 Å². The van der Waals surface area contributed by atoms with Gasteiger partial charge in [-0.15, -0.1) is 0 Å². The van der Waals surface area contributed by atoms with E-state index in [1.807, 2.05) is 0 Å². The first-order valence-corrected chi connectivity index (χ1v) is 5.35. The van der Waals surface area contributed by atoms with Crippen molar-refractivity contribution in [2.75, 3.05) is 19.5 Å². The summed E-state index contributed by atoms with van der Waals surface area (Å²) < 4.78 is 6.48. The number of carboxylic acid groups (broad SMARTS) is 1. The normalized spacial score (nSPS) is 10.5. The molecule has 1 heterocycles. The smallest absolute Gasteiger partial charge is 0.313 e. The number of hydrogen-bond acceptors (Lipinski definition) is 5. The van der Waals surface area contributed by atoms with Gasteiger partial charge < -0.3 is 9.84 Å². The van der Waals surface area contributed by atoms with E-state index < -0.39 is 5.97 Å². The van der Waals surface area contributed by atoms with E-state index in [-0.39, 0.29) is 5.75 Å². The Kier molecular flexibility index (Phi) is 4.57. The molecular formula is C8H13N3O3S. The fraction of sp³-hybridized carbons (Fsp3) is 0.625. The molecule has 1 N–H and O–H groups in total. The van der Waals surface area contributed by atoms with Crippen molar-refractivity contribution in [1.29, 1.82) is 0 Å². The number of thioether (sulfide) groups is 1. The monoisotopic (exact) mass is 231 g/mol. The number of aromatic nitrogens is 3. The van der Waals surface area contributed by atoms with Crippen molar-refractivity contribution in [3.8, 4) is 0 Å². The number of aliphatic carboxylic acids is 1. The number of hydrogen-bond donors (Lipinski definition) is 1. The molecule has 0 spiro atoms. The zero-order valence-electron chi connectivity index (χ0n) is 8.63. The number of nitrogens with zero attached hydrogens (tertiary/aromatic N) is 3. The molecule has 1 aromatic rings. The molecule has 1 aromatic heterocycles. The lowest BCUT2D eigenvalue weighted by Crippen LogP contribution is -2.00. The molecule has 0 amide bonds. The standard InChI is InChI=1S/C8H13N3O3S/c1-11-8(15-5-7(12)13)9-6(10-11)3-4-14-2/h3-5H2,1-2H3,(H,12,13). The Balaban J connectivity index is 2.56. The van der Waals surface area contributed by atoms with Crippen LogP contribution in [0.2, 0.25) is 0 Å². The molecule has 15 heavy (non-hydrogen) atoms. The molecule has 0 aliphatic heterocycles. The highest BCUT2D eigenvalue weighted by Gasteiger charge is 2.09. The minimum absolute atomic E-state index is 0.00372. The average Bonchev–Trinajstić information content (AvgIpc) is 2.53. The Morgan fingerprint density at radius 3 is 3.00 bits per heavy atom. The Morgan fingerprint density at radius 2 is 2.40 bits per heavy atom. The second kappa shape index (κ2) is 5.72. The van der Waals surface area contributed by atoms with Crippen molar-refractivity contribution in [3.05, 3.63) is 5.82 Å². The predicted molar refractivity (Wildman–Crippen MR) is 54.9 cm³/mol. The van der Waals surface area contributed by atoms with Crippen LogP contribution in [-0.2, 0) is 23.0 Å². The number of methoxy groups -OCH3 is 1. The van der Waals surface area contributed by atoms with Gasteiger partial charge in [-0.1, -0.05) is 11.8 Å². The summed E-state index contributed by atoms with van der Waals surface area (Å²) >= 11 is 1.16. The van der Waals surface area contributed by atoms with Crippen molar-refractivity contribution < 1.29 is 14.6 Å². The van der Waals surface area contributed by atoms with Gasteiger partial charge in [0, 0.05) is 20.6 Å². The van der Waals surface area contributed by atoms with Gasteiger partial charge in [0.05, 0.1) is 12.4 Å². The maximum atomic E-state index is 10.4. The molecule has 0 saturated heterocycles. The van der Waals surface area contributed by atoms with Crippen molar-refractivity contribution >= 4 is 17.7 Å². The zero-order chi connectivity index (χ0) is 11.3. The van der Waals surface area contributed by atoms with E-state index in [1.165, 1.54) is 0 Å². The lowest BCUT2D eigenvalue weighted by atomic mass is 10.4. The molecule has 0 saturated carbocycles. The van der Waals surface area contributed by atoms with Crippen LogP contribution in [0.25, 0.3) is 0 Å². The minimum atomic E-state index is -0.860. The number of rotatable bonds is 6. The molecule has 0 aromatic carbocycles. The molecule has 1 rings (SSSR count). The summed E-state index contributed by atoms with van der Waals surface area (Å²) in [6.45, 7) is 0.563. The van der Waals surface area contributed by atoms with E-state index >= 15 is 0 Å². The Bertz CT molecular complexity index is 340. The van der Waals surface area contributed by atoms with Gasteiger partial charge in [0.1, 0.15) is 0 Å². The summed E-state index contributed by atoms with van der Waals surface area (Å²) in [4.78, 5) is 14.6. The van der Waals surface area contributed by atoms with E-state index in [9.17, 15) is 4.79 Å². The molecule has 0 radical (unpaired) electrons. The summed E-state index contributed by atoms with van der Waals surface area (Å²) in [6.07, 6.45) is 0.637. The van der Waals surface area contributed by atoms with Gasteiger partial charge in [0.15, 0.2) is 11.0 Å². The van der Waals surface area contributed by atoms with Crippen LogP contribution in [-0.4, -0.2) is 45.3 Å². The summed E-state index contributed by atoms with van der Waals surface area (Å²) in [5.74, 6) is -0.190. The maximum absolute atomic E-state index is 10.4. The fourth-order valence-corrected chi connectivity index (χ4v) is 1.62. The third-order valence-corrected chi connectivity index (χ3v) is 2.63. The molecule has 0 aliphatic rings. The van der Waals surface area contributed by atoms with Crippen LogP contribution in [0.1, 0.15) is 5.82 Å². The highest BCUT2D eigenvalue weighted by atomic mass is 32.2. The second-order valence-corrected chi connectivity index (χ2v) is 3.80. The SMILES string of the molecule is COCCc1nc(SCC(=O)O)n(C)n1. The van der Waals surface area contributed by atoms with Gasteiger partial charge in [0.2, 0.25) is 0 Å². The summed E-state index contributed by atoms with van der Waals surface area (Å²) in [5, 5.41) is 13.3. The summed E-state index contributed by atoms with van der Waals surface area (Å²) in [5.41, 5.74) is 0. The van der Waals surface area contributed by atoms with Crippen molar-refractivity contribution in [3.63, 3.8) is 0 Å². The number of carbonyl (C=O) groups is 1. The molecule has 0 fully saturated rings. The van der Waals surface area contributed by atoms with Crippen LogP contribution < -0.4 is 0 Å². The zero-order valence-corrected chi connectivity index (χ0v) is 9.45. The third-order valence-electron chi connectivity index (χ3n) is 1.62. The van der Waals surface area contributed by atoms with Crippen LogP contribution in [0, 0.1) is 0 Å². The van der Waals surface area contributed by atoms with Gasteiger partial charge in [0.25, 0.3) is 0 Å².